The van der Waals surface area contributed by atoms with Crippen LogP contribution in [0.2, 0.25) is 0 Å². The van der Waals surface area contributed by atoms with Crippen molar-refractivity contribution in [1.82, 2.24) is 5.32 Å². The van der Waals surface area contributed by atoms with Crippen molar-refractivity contribution in [3.63, 3.8) is 0 Å². The first-order valence-corrected chi connectivity index (χ1v) is 8.43. The number of benzene rings is 1. The molecule has 0 aliphatic carbocycles. The number of aldehydes is 1. The molecule has 0 bridgehead atoms. The number of carbonyl (C=O) groups excluding carboxylic acids is 3. The Bertz CT molecular complexity index is 555. The molecule has 1 rings (SSSR count). The third kappa shape index (κ3) is 10.1. The van der Waals surface area contributed by atoms with E-state index in [1.807, 2.05) is 18.2 Å². The van der Waals surface area contributed by atoms with Gasteiger partial charge in [0.25, 0.3) is 0 Å². The van der Waals surface area contributed by atoms with Crippen LogP contribution >= 0.6 is 0 Å². The Hall–Kier alpha value is -2.47. The second-order valence-corrected chi connectivity index (χ2v) is 5.58. The van der Waals surface area contributed by atoms with Gasteiger partial charge in [-0.3, -0.25) is 9.59 Å². The maximum atomic E-state index is 11.8. The standard InChI is InChI=1S/C19H26N2O4/c1-2-3-4-5-12-20-18(23)14-25-15-19(24)21-17-10-8-16(9-11-17)7-6-13-22/h2,8-11,13H,1,3-7,12,14-15H2,(H,20,23)(H,21,24). The molecule has 0 saturated carbocycles. The number of ether oxygens (including phenoxy) is 1. The molecule has 1 aromatic carbocycles. The van der Waals surface area contributed by atoms with Crippen LogP contribution in [0.25, 0.3) is 0 Å². The van der Waals surface area contributed by atoms with Crippen molar-refractivity contribution in [2.75, 3.05) is 25.1 Å². The van der Waals surface area contributed by atoms with Gasteiger partial charge in [-0.25, -0.2) is 0 Å². The van der Waals surface area contributed by atoms with Crippen LogP contribution in [-0.4, -0.2) is 37.9 Å². The highest BCUT2D eigenvalue weighted by Crippen LogP contribution is 2.10. The van der Waals surface area contributed by atoms with Gasteiger partial charge in [0, 0.05) is 18.7 Å². The van der Waals surface area contributed by atoms with E-state index in [0.717, 1.165) is 31.1 Å². The molecular weight excluding hydrogens is 320 g/mol. The van der Waals surface area contributed by atoms with E-state index in [-0.39, 0.29) is 25.0 Å². The Morgan fingerprint density at radius 2 is 1.76 bits per heavy atom. The Labute approximate surface area is 148 Å². The minimum absolute atomic E-state index is 0.139. The molecule has 25 heavy (non-hydrogen) atoms. The summed E-state index contributed by atoms with van der Waals surface area (Å²) < 4.78 is 5.11. The molecule has 0 radical (unpaired) electrons. The van der Waals surface area contributed by atoms with Crippen molar-refractivity contribution in [3.05, 3.63) is 42.5 Å². The van der Waals surface area contributed by atoms with E-state index in [2.05, 4.69) is 17.2 Å². The summed E-state index contributed by atoms with van der Waals surface area (Å²) >= 11 is 0. The molecule has 1 aromatic rings. The fourth-order valence-electron chi connectivity index (χ4n) is 2.11. The van der Waals surface area contributed by atoms with E-state index < -0.39 is 0 Å². The third-order valence-electron chi connectivity index (χ3n) is 3.41. The minimum Gasteiger partial charge on any atom is -0.362 e. The summed E-state index contributed by atoms with van der Waals surface area (Å²) in [5, 5.41) is 5.42. The largest absolute Gasteiger partial charge is 0.362 e. The van der Waals surface area contributed by atoms with E-state index in [1.54, 1.807) is 12.1 Å². The lowest BCUT2D eigenvalue weighted by molar-refractivity contribution is -0.128. The number of hydrogen-bond donors (Lipinski definition) is 2. The first-order valence-electron chi connectivity index (χ1n) is 8.43. The van der Waals surface area contributed by atoms with Gasteiger partial charge in [0.1, 0.15) is 19.5 Å². The van der Waals surface area contributed by atoms with Gasteiger partial charge < -0.3 is 20.2 Å². The van der Waals surface area contributed by atoms with Crippen LogP contribution < -0.4 is 10.6 Å². The normalized spacial score (nSPS) is 10.1. The molecule has 0 heterocycles. The van der Waals surface area contributed by atoms with Crippen LogP contribution in [0.3, 0.4) is 0 Å². The molecule has 6 heteroatoms. The van der Waals surface area contributed by atoms with E-state index in [9.17, 15) is 14.4 Å². The topological polar surface area (TPSA) is 84.5 Å². The molecule has 0 aliphatic heterocycles. The summed E-state index contributed by atoms with van der Waals surface area (Å²) in [6.45, 7) is 3.91. The average Bonchev–Trinajstić information content (AvgIpc) is 2.61. The van der Waals surface area contributed by atoms with E-state index in [4.69, 9.17) is 4.74 Å². The lowest BCUT2D eigenvalue weighted by Crippen LogP contribution is -2.30. The molecule has 2 N–H and O–H groups in total. The highest BCUT2D eigenvalue weighted by molar-refractivity contribution is 5.91. The lowest BCUT2D eigenvalue weighted by atomic mass is 10.1. The molecule has 0 atom stereocenters. The summed E-state index contributed by atoms with van der Waals surface area (Å²) in [6, 6.07) is 7.27. The number of nitrogens with one attached hydrogen (secondary N) is 2. The van der Waals surface area contributed by atoms with Crippen molar-refractivity contribution in [2.45, 2.75) is 32.1 Å². The van der Waals surface area contributed by atoms with Crippen LogP contribution in [0.1, 0.15) is 31.2 Å². The van der Waals surface area contributed by atoms with Crippen molar-refractivity contribution < 1.29 is 19.1 Å². The van der Waals surface area contributed by atoms with Gasteiger partial charge in [-0.05, 0) is 43.4 Å². The van der Waals surface area contributed by atoms with E-state index in [0.29, 0.717) is 25.1 Å². The molecular formula is C19H26N2O4. The van der Waals surface area contributed by atoms with Crippen LogP contribution in [0, 0.1) is 0 Å². The molecule has 2 amide bonds. The highest BCUT2D eigenvalue weighted by atomic mass is 16.5. The van der Waals surface area contributed by atoms with Crippen LogP contribution in [0.15, 0.2) is 36.9 Å². The van der Waals surface area contributed by atoms with Crippen molar-refractivity contribution in [3.8, 4) is 0 Å². The van der Waals surface area contributed by atoms with Gasteiger partial charge in [-0.2, -0.15) is 0 Å². The first kappa shape index (κ1) is 20.6. The van der Waals surface area contributed by atoms with Gasteiger partial charge in [0.2, 0.25) is 11.8 Å². The summed E-state index contributed by atoms with van der Waals surface area (Å²) in [4.78, 5) is 33.6. The van der Waals surface area contributed by atoms with Gasteiger partial charge in [-0.15, -0.1) is 6.58 Å². The van der Waals surface area contributed by atoms with Crippen LogP contribution in [0.5, 0.6) is 0 Å². The Kier molecular flexibility index (Phi) is 10.6. The second kappa shape index (κ2) is 12.9. The van der Waals surface area contributed by atoms with E-state index >= 15 is 0 Å². The van der Waals surface area contributed by atoms with Crippen LogP contribution in [0.4, 0.5) is 5.69 Å². The smallest absolute Gasteiger partial charge is 0.250 e. The number of anilines is 1. The van der Waals surface area contributed by atoms with Crippen molar-refractivity contribution >= 4 is 23.8 Å². The summed E-state index contributed by atoms with van der Waals surface area (Å²) in [7, 11) is 0. The van der Waals surface area contributed by atoms with Gasteiger partial charge in [-0.1, -0.05) is 18.2 Å². The number of allylic oxidation sites excluding steroid dienone is 1. The maximum absolute atomic E-state index is 11.8. The first-order chi connectivity index (χ1) is 12.2. The Morgan fingerprint density at radius 3 is 2.44 bits per heavy atom. The summed E-state index contributed by atoms with van der Waals surface area (Å²) in [6.07, 6.45) is 6.71. The summed E-state index contributed by atoms with van der Waals surface area (Å²) in [5.74, 6) is -0.551. The number of unbranched alkanes of at least 4 members (excludes halogenated alkanes) is 2. The average molecular weight is 346 g/mol. The van der Waals surface area contributed by atoms with Crippen molar-refractivity contribution in [1.29, 1.82) is 0 Å². The monoisotopic (exact) mass is 346 g/mol. The Morgan fingerprint density at radius 1 is 1.04 bits per heavy atom. The maximum Gasteiger partial charge on any atom is 0.250 e. The SMILES string of the molecule is C=CCCCCNC(=O)COCC(=O)Nc1ccc(CCC=O)cc1. The Balaban J connectivity index is 2.16. The predicted molar refractivity (Wildman–Crippen MR) is 97.3 cm³/mol. The quantitative estimate of drug-likeness (QED) is 0.326. The molecule has 0 aliphatic rings. The molecule has 0 unspecified atom stereocenters. The van der Waals surface area contributed by atoms with Gasteiger partial charge in [0.15, 0.2) is 0 Å². The minimum atomic E-state index is -0.320. The fourth-order valence-corrected chi connectivity index (χ4v) is 2.11. The number of hydrogen-bond acceptors (Lipinski definition) is 4. The summed E-state index contributed by atoms with van der Waals surface area (Å²) in [5.41, 5.74) is 1.68. The molecule has 0 aromatic heterocycles. The van der Waals surface area contributed by atoms with Gasteiger partial charge in [0.05, 0.1) is 0 Å². The van der Waals surface area contributed by atoms with Crippen molar-refractivity contribution in [2.24, 2.45) is 0 Å². The number of carbonyl (C=O) groups is 3. The van der Waals surface area contributed by atoms with Gasteiger partial charge >= 0.3 is 0 Å². The molecule has 6 nitrogen and oxygen atoms in total. The van der Waals surface area contributed by atoms with E-state index in [1.165, 1.54) is 0 Å². The van der Waals surface area contributed by atoms with Crippen LogP contribution in [-0.2, 0) is 25.5 Å². The zero-order chi connectivity index (χ0) is 18.3. The number of aryl methyl sites for hydroxylation is 1. The molecule has 0 saturated heterocycles. The highest BCUT2D eigenvalue weighted by Gasteiger charge is 2.05. The molecule has 0 fully saturated rings. The predicted octanol–water partition coefficient (Wildman–Crippen LogP) is 2.25. The number of amides is 2. The number of rotatable bonds is 13. The zero-order valence-corrected chi connectivity index (χ0v) is 14.5. The molecule has 136 valence electrons. The molecule has 0 spiro atoms. The zero-order valence-electron chi connectivity index (χ0n) is 14.5. The fraction of sp³-hybridized carbons (Fsp3) is 0.421. The third-order valence-corrected chi connectivity index (χ3v) is 3.41. The lowest BCUT2D eigenvalue weighted by Gasteiger charge is -2.08. The second-order valence-electron chi connectivity index (χ2n) is 5.58.